The van der Waals surface area contributed by atoms with Gasteiger partial charge in [0, 0.05) is 37.2 Å². The summed E-state index contributed by atoms with van der Waals surface area (Å²) in [7, 11) is 0. The lowest BCUT2D eigenvalue weighted by atomic mass is 9.91. The zero-order valence-electron chi connectivity index (χ0n) is 15.6. The summed E-state index contributed by atoms with van der Waals surface area (Å²) in [5.41, 5.74) is 2.88. The molecule has 0 bridgehead atoms. The molecule has 4 rings (SSSR count). The fourth-order valence-electron chi connectivity index (χ4n) is 3.59. The smallest absolute Gasteiger partial charge is 0.226 e. The number of anilines is 1. The number of hydrogen-bond acceptors (Lipinski definition) is 7. The minimum Gasteiger partial charge on any atom is -0.356 e. The molecule has 2 amide bonds. The van der Waals surface area contributed by atoms with Gasteiger partial charge in [0.15, 0.2) is 5.58 Å². The summed E-state index contributed by atoms with van der Waals surface area (Å²) in [5.74, 6) is -0.300. The topological polar surface area (TPSA) is 101 Å². The lowest BCUT2D eigenvalue weighted by molar-refractivity contribution is -0.132. The molecule has 1 aromatic carbocycles. The molecule has 29 heavy (non-hydrogen) atoms. The van der Waals surface area contributed by atoms with Crippen molar-refractivity contribution in [1.82, 2.24) is 20.3 Å². The molecule has 0 aliphatic carbocycles. The van der Waals surface area contributed by atoms with Crippen LogP contribution in [0.15, 0.2) is 28.2 Å². The number of amides is 2. The maximum absolute atomic E-state index is 13.6. The van der Waals surface area contributed by atoms with Gasteiger partial charge in [-0.15, -0.1) is 10.2 Å². The standard InChI is InChI=1S/C19H20FN5O3S/c20-13-4-5-15-14(10-13)18(24-28-15)12-6-8-25(9-7-12)17(27)3-1-2-16(26)22-19-23-21-11-29-19/h4-5,10-12H,1-3,6-9H2,(H,22,23,26). The van der Waals surface area contributed by atoms with Crippen molar-refractivity contribution in [3.05, 3.63) is 35.2 Å². The number of aromatic nitrogens is 3. The molecule has 1 N–H and O–H groups in total. The summed E-state index contributed by atoms with van der Waals surface area (Å²) >= 11 is 1.25. The Morgan fingerprint density at radius 2 is 2.10 bits per heavy atom. The van der Waals surface area contributed by atoms with Gasteiger partial charge < -0.3 is 14.7 Å². The highest BCUT2D eigenvalue weighted by Gasteiger charge is 2.27. The molecule has 1 aliphatic rings. The first-order chi connectivity index (χ1) is 14.1. The van der Waals surface area contributed by atoms with Crippen molar-refractivity contribution < 1.29 is 18.5 Å². The van der Waals surface area contributed by atoms with Crippen LogP contribution in [-0.2, 0) is 9.59 Å². The van der Waals surface area contributed by atoms with Crippen LogP contribution in [0.4, 0.5) is 9.52 Å². The SMILES string of the molecule is O=C(CCCC(=O)N1CCC(c2noc3ccc(F)cc23)CC1)Nc1nncs1. The van der Waals surface area contributed by atoms with Crippen LogP contribution in [0.5, 0.6) is 0 Å². The van der Waals surface area contributed by atoms with Gasteiger partial charge in [0.05, 0.1) is 5.69 Å². The van der Waals surface area contributed by atoms with E-state index < -0.39 is 0 Å². The minimum absolute atomic E-state index is 0.0446. The number of carbonyl (C=O) groups is 2. The van der Waals surface area contributed by atoms with Gasteiger partial charge in [-0.1, -0.05) is 16.5 Å². The van der Waals surface area contributed by atoms with Gasteiger partial charge in [-0.05, 0) is 37.5 Å². The van der Waals surface area contributed by atoms with E-state index in [1.54, 1.807) is 11.6 Å². The number of benzene rings is 1. The molecule has 0 unspecified atom stereocenters. The molecule has 3 aromatic rings. The van der Waals surface area contributed by atoms with E-state index in [2.05, 4.69) is 20.7 Å². The first kappa shape index (κ1) is 19.4. The molecule has 0 radical (unpaired) electrons. The van der Waals surface area contributed by atoms with E-state index in [0.29, 0.717) is 42.0 Å². The van der Waals surface area contributed by atoms with Crippen molar-refractivity contribution in [2.75, 3.05) is 18.4 Å². The van der Waals surface area contributed by atoms with Crippen molar-refractivity contribution in [1.29, 1.82) is 0 Å². The predicted octanol–water partition coefficient (Wildman–Crippen LogP) is 3.33. The van der Waals surface area contributed by atoms with Gasteiger partial charge in [-0.2, -0.15) is 0 Å². The first-order valence-electron chi connectivity index (χ1n) is 9.49. The third-order valence-corrected chi connectivity index (χ3v) is 5.70. The second-order valence-corrected chi connectivity index (χ2v) is 7.84. The Hall–Kier alpha value is -2.88. The number of carbonyl (C=O) groups excluding carboxylic acids is 2. The van der Waals surface area contributed by atoms with Crippen LogP contribution < -0.4 is 5.32 Å². The number of halogens is 1. The van der Waals surface area contributed by atoms with Gasteiger partial charge >= 0.3 is 0 Å². The number of nitrogens with zero attached hydrogens (tertiary/aromatic N) is 4. The van der Waals surface area contributed by atoms with Crippen LogP contribution in [0.1, 0.15) is 43.7 Å². The highest BCUT2D eigenvalue weighted by Crippen LogP contribution is 2.33. The van der Waals surface area contributed by atoms with E-state index in [9.17, 15) is 14.0 Å². The van der Waals surface area contributed by atoms with Crippen LogP contribution >= 0.6 is 11.3 Å². The lowest BCUT2D eigenvalue weighted by Crippen LogP contribution is -2.38. The third-order valence-electron chi connectivity index (χ3n) is 5.10. The van der Waals surface area contributed by atoms with Crippen molar-refractivity contribution in [3.63, 3.8) is 0 Å². The molecule has 3 heterocycles. The van der Waals surface area contributed by atoms with Gasteiger partial charge in [0.25, 0.3) is 0 Å². The maximum atomic E-state index is 13.6. The van der Waals surface area contributed by atoms with E-state index >= 15 is 0 Å². The normalized spacial score (nSPS) is 15.0. The van der Waals surface area contributed by atoms with Gasteiger partial charge in [0.1, 0.15) is 11.3 Å². The summed E-state index contributed by atoms with van der Waals surface area (Å²) in [6.07, 6.45) is 2.57. The summed E-state index contributed by atoms with van der Waals surface area (Å²) in [5, 5.41) is 15.4. The van der Waals surface area contributed by atoms with Crippen molar-refractivity contribution in [2.24, 2.45) is 0 Å². The fraction of sp³-hybridized carbons (Fsp3) is 0.421. The summed E-state index contributed by atoms with van der Waals surface area (Å²) < 4.78 is 18.9. The summed E-state index contributed by atoms with van der Waals surface area (Å²) in [6, 6.07) is 4.39. The van der Waals surface area contributed by atoms with Gasteiger partial charge in [-0.3, -0.25) is 9.59 Å². The zero-order valence-corrected chi connectivity index (χ0v) is 16.5. The molecular formula is C19H20FN5O3S. The first-order valence-corrected chi connectivity index (χ1v) is 10.4. The largest absolute Gasteiger partial charge is 0.356 e. The average molecular weight is 417 g/mol. The van der Waals surface area contributed by atoms with Crippen molar-refractivity contribution >= 4 is 39.3 Å². The highest BCUT2D eigenvalue weighted by molar-refractivity contribution is 7.13. The number of hydrogen-bond donors (Lipinski definition) is 1. The number of nitrogens with one attached hydrogen (secondary N) is 1. The Bertz CT molecular complexity index is 999. The fourth-order valence-corrected chi connectivity index (χ4v) is 4.06. The third kappa shape index (κ3) is 4.58. The molecule has 1 saturated heterocycles. The highest BCUT2D eigenvalue weighted by atomic mass is 32.1. The van der Waals surface area contributed by atoms with Crippen LogP contribution in [0.3, 0.4) is 0 Å². The van der Waals surface area contributed by atoms with E-state index in [-0.39, 0.29) is 30.0 Å². The Morgan fingerprint density at radius 3 is 2.86 bits per heavy atom. The number of piperidine rings is 1. The van der Waals surface area contributed by atoms with E-state index in [0.717, 1.165) is 18.5 Å². The molecule has 10 heteroatoms. The van der Waals surface area contributed by atoms with E-state index in [4.69, 9.17) is 4.52 Å². The van der Waals surface area contributed by atoms with E-state index in [1.807, 2.05) is 4.90 Å². The van der Waals surface area contributed by atoms with E-state index in [1.165, 1.54) is 23.5 Å². The van der Waals surface area contributed by atoms with Gasteiger partial charge in [-0.25, -0.2) is 4.39 Å². The second kappa shape index (κ2) is 8.64. The van der Waals surface area contributed by atoms with Crippen LogP contribution in [0.25, 0.3) is 11.0 Å². The number of likely N-dealkylation sites (tertiary alicyclic amines) is 1. The Kier molecular flexibility index (Phi) is 5.79. The molecule has 1 fully saturated rings. The lowest BCUT2D eigenvalue weighted by Gasteiger charge is -2.31. The van der Waals surface area contributed by atoms with Crippen LogP contribution in [-0.4, -0.2) is 45.2 Å². The Labute approximate surface area is 170 Å². The second-order valence-electron chi connectivity index (χ2n) is 7.01. The molecule has 0 spiro atoms. The van der Waals surface area contributed by atoms with Crippen molar-refractivity contribution in [2.45, 2.75) is 38.0 Å². The molecule has 0 saturated carbocycles. The molecule has 0 atom stereocenters. The van der Waals surface area contributed by atoms with Gasteiger partial charge in [0.2, 0.25) is 16.9 Å². The van der Waals surface area contributed by atoms with Crippen LogP contribution in [0.2, 0.25) is 0 Å². The summed E-state index contributed by atoms with van der Waals surface area (Å²) in [4.78, 5) is 26.1. The maximum Gasteiger partial charge on any atom is 0.226 e. The Balaban J connectivity index is 1.24. The molecule has 152 valence electrons. The molecule has 1 aliphatic heterocycles. The molecule has 8 nitrogen and oxygen atoms in total. The van der Waals surface area contributed by atoms with Crippen LogP contribution in [0, 0.1) is 5.82 Å². The average Bonchev–Trinajstić information content (AvgIpc) is 3.37. The quantitative estimate of drug-likeness (QED) is 0.660. The zero-order chi connectivity index (χ0) is 20.2. The monoisotopic (exact) mass is 417 g/mol. The molecule has 2 aromatic heterocycles. The minimum atomic E-state index is -0.315. The number of rotatable bonds is 6. The number of fused-ring (bicyclic) bond motifs is 1. The summed E-state index contributed by atoms with van der Waals surface area (Å²) in [6.45, 7) is 1.23. The predicted molar refractivity (Wildman–Crippen MR) is 105 cm³/mol. The Morgan fingerprint density at radius 1 is 1.28 bits per heavy atom. The van der Waals surface area contributed by atoms with Crippen molar-refractivity contribution in [3.8, 4) is 0 Å². The molecular weight excluding hydrogens is 397 g/mol.